The van der Waals surface area contributed by atoms with Gasteiger partial charge < -0.3 is 20.5 Å². The van der Waals surface area contributed by atoms with E-state index in [-0.39, 0.29) is 17.0 Å². The predicted octanol–water partition coefficient (Wildman–Crippen LogP) is 2.95. The third-order valence-electron chi connectivity index (χ3n) is 3.34. The fourth-order valence-corrected chi connectivity index (χ4v) is 1.51. The van der Waals surface area contributed by atoms with Gasteiger partial charge in [-0.15, -0.1) is 0 Å². The molecule has 1 aromatic rings. The van der Waals surface area contributed by atoms with E-state index in [2.05, 4.69) is 10.6 Å². The van der Waals surface area contributed by atoms with Crippen molar-refractivity contribution >= 4 is 17.7 Å². The zero-order valence-electron chi connectivity index (χ0n) is 13.0. The Bertz CT molecular complexity index is 535. The smallest absolute Gasteiger partial charge is 0.335 e. The van der Waals surface area contributed by atoms with E-state index in [0.29, 0.717) is 11.4 Å². The van der Waals surface area contributed by atoms with Gasteiger partial charge in [-0.1, -0.05) is 20.8 Å². The Morgan fingerprint density at radius 1 is 1.29 bits per heavy atom. The maximum absolute atomic E-state index is 12.0. The van der Waals surface area contributed by atoms with Crippen molar-refractivity contribution in [1.29, 1.82) is 0 Å². The first-order valence-corrected chi connectivity index (χ1v) is 6.64. The van der Waals surface area contributed by atoms with Crippen LogP contribution in [0.4, 0.5) is 10.5 Å². The second-order valence-corrected chi connectivity index (χ2v) is 5.91. The second-order valence-electron chi connectivity index (χ2n) is 5.91. The summed E-state index contributed by atoms with van der Waals surface area (Å²) in [4.78, 5) is 23.0. The SMILES string of the molecule is COc1ccc(C(=O)O)cc1NC(=O)NC(C)C(C)(C)C. The van der Waals surface area contributed by atoms with Crippen LogP contribution in [-0.2, 0) is 0 Å². The van der Waals surface area contributed by atoms with Crippen molar-refractivity contribution < 1.29 is 19.4 Å². The molecule has 1 atom stereocenters. The highest BCUT2D eigenvalue weighted by molar-refractivity contribution is 5.94. The molecule has 1 rings (SSSR count). The summed E-state index contributed by atoms with van der Waals surface area (Å²) in [7, 11) is 1.45. The number of methoxy groups -OCH3 is 1. The number of nitrogens with one attached hydrogen (secondary N) is 2. The van der Waals surface area contributed by atoms with Crippen LogP contribution in [-0.4, -0.2) is 30.3 Å². The number of urea groups is 1. The maximum Gasteiger partial charge on any atom is 0.335 e. The highest BCUT2D eigenvalue weighted by atomic mass is 16.5. The van der Waals surface area contributed by atoms with Gasteiger partial charge in [0.05, 0.1) is 18.4 Å². The van der Waals surface area contributed by atoms with Gasteiger partial charge in [-0.2, -0.15) is 0 Å². The van der Waals surface area contributed by atoms with Gasteiger partial charge in [0, 0.05) is 6.04 Å². The molecule has 0 aliphatic heterocycles. The van der Waals surface area contributed by atoms with E-state index in [1.54, 1.807) is 0 Å². The molecule has 0 aliphatic carbocycles. The van der Waals surface area contributed by atoms with Crippen molar-refractivity contribution in [1.82, 2.24) is 5.32 Å². The van der Waals surface area contributed by atoms with Gasteiger partial charge in [0.25, 0.3) is 0 Å². The first-order valence-electron chi connectivity index (χ1n) is 6.64. The number of amides is 2. The lowest BCUT2D eigenvalue weighted by atomic mass is 9.88. The third kappa shape index (κ3) is 4.66. The van der Waals surface area contributed by atoms with Crippen LogP contribution in [0.15, 0.2) is 18.2 Å². The standard InChI is InChI=1S/C15H22N2O4/c1-9(15(2,3)4)16-14(20)17-11-8-10(13(18)19)6-7-12(11)21-5/h6-9H,1-5H3,(H,18,19)(H2,16,17,20). The lowest BCUT2D eigenvalue weighted by Gasteiger charge is -2.28. The van der Waals surface area contributed by atoms with Crippen LogP contribution < -0.4 is 15.4 Å². The number of hydrogen-bond donors (Lipinski definition) is 3. The van der Waals surface area contributed by atoms with Crippen molar-refractivity contribution in [2.24, 2.45) is 5.41 Å². The molecule has 1 aromatic carbocycles. The average molecular weight is 294 g/mol. The summed E-state index contributed by atoms with van der Waals surface area (Å²) < 4.78 is 5.12. The van der Waals surface area contributed by atoms with E-state index in [1.807, 2.05) is 27.7 Å². The molecule has 0 aliphatic rings. The molecule has 3 N–H and O–H groups in total. The minimum Gasteiger partial charge on any atom is -0.495 e. The molecule has 0 saturated carbocycles. The van der Waals surface area contributed by atoms with Crippen LogP contribution in [0.3, 0.4) is 0 Å². The molecule has 6 heteroatoms. The highest BCUT2D eigenvalue weighted by Crippen LogP contribution is 2.26. The van der Waals surface area contributed by atoms with Crippen LogP contribution in [0.2, 0.25) is 0 Å². The summed E-state index contributed by atoms with van der Waals surface area (Å²) in [6.45, 7) is 7.96. The fourth-order valence-electron chi connectivity index (χ4n) is 1.51. The molecule has 0 bridgehead atoms. The van der Waals surface area contributed by atoms with Gasteiger partial charge in [0.2, 0.25) is 0 Å². The van der Waals surface area contributed by atoms with Crippen LogP contribution in [0.1, 0.15) is 38.1 Å². The number of carboxylic acid groups (broad SMARTS) is 1. The Kier molecular flexibility index (Phi) is 5.18. The quantitative estimate of drug-likeness (QED) is 0.796. The zero-order chi connectivity index (χ0) is 16.2. The Morgan fingerprint density at radius 3 is 2.38 bits per heavy atom. The molecule has 0 heterocycles. The molecular weight excluding hydrogens is 272 g/mol. The summed E-state index contributed by atoms with van der Waals surface area (Å²) >= 11 is 0. The van der Waals surface area contributed by atoms with E-state index < -0.39 is 12.0 Å². The van der Waals surface area contributed by atoms with Gasteiger partial charge in [-0.05, 0) is 30.5 Å². The number of carbonyl (C=O) groups excluding carboxylic acids is 1. The molecule has 0 aromatic heterocycles. The Morgan fingerprint density at radius 2 is 1.90 bits per heavy atom. The average Bonchev–Trinajstić information content (AvgIpc) is 2.37. The van der Waals surface area contributed by atoms with Gasteiger partial charge in [-0.25, -0.2) is 9.59 Å². The first kappa shape index (κ1) is 16.8. The maximum atomic E-state index is 12.0. The minimum absolute atomic E-state index is 0.0499. The van der Waals surface area contributed by atoms with Crippen molar-refractivity contribution in [2.45, 2.75) is 33.7 Å². The van der Waals surface area contributed by atoms with E-state index in [9.17, 15) is 9.59 Å². The zero-order valence-corrected chi connectivity index (χ0v) is 13.0. The van der Waals surface area contributed by atoms with Crippen molar-refractivity contribution in [3.05, 3.63) is 23.8 Å². The lowest BCUT2D eigenvalue weighted by molar-refractivity contribution is 0.0697. The fraction of sp³-hybridized carbons (Fsp3) is 0.467. The first-order chi connectivity index (χ1) is 9.65. The molecule has 2 amide bonds. The number of carboxylic acids is 1. The normalized spacial score (nSPS) is 12.4. The van der Waals surface area contributed by atoms with Crippen LogP contribution in [0, 0.1) is 5.41 Å². The van der Waals surface area contributed by atoms with E-state index in [1.165, 1.54) is 25.3 Å². The topological polar surface area (TPSA) is 87.7 Å². The molecule has 0 saturated heterocycles. The van der Waals surface area contributed by atoms with E-state index in [0.717, 1.165) is 0 Å². The number of ether oxygens (including phenoxy) is 1. The number of anilines is 1. The number of carbonyl (C=O) groups is 2. The monoisotopic (exact) mass is 294 g/mol. The summed E-state index contributed by atoms with van der Waals surface area (Å²) in [5.74, 6) is -0.664. The van der Waals surface area contributed by atoms with Crippen molar-refractivity contribution in [3.63, 3.8) is 0 Å². The van der Waals surface area contributed by atoms with Crippen molar-refractivity contribution in [3.8, 4) is 5.75 Å². The molecule has 0 radical (unpaired) electrons. The molecule has 0 fully saturated rings. The molecule has 21 heavy (non-hydrogen) atoms. The largest absolute Gasteiger partial charge is 0.495 e. The van der Waals surface area contributed by atoms with Crippen molar-refractivity contribution in [2.75, 3.05) is 12.4 Å². The lowest BCUT2D eigenvalue weighted by Crippen LogP contribution is -2.43. The van der Waals surface area contributed by atoms with Gasteiger partial charge in [-0.3, -0.25) is 0 Å². The molecular formula is C15H22N2O4. The molecule has 0 spiro atoms. The van der Waals surface area contributed by atoms with E-state index in [4.69, 9.17) is 9.84 Å². The summed E-state index contributed by atoms with van der Waals surface area (Å²) in [5.41, 5.74) is 0.315. The number of benzene rings is 1. The Labute approximate surface area is 124 Å². The van der Waals surface area contributed by atoms with Crippen LogP contribution in [0.25, 0.3) is 0 Å². The van der Waals surface area contributed by atoms with E-state index >= 15 is 0 Å². The Hall–Kier alpha value is -2.24. The number of hydrogen-bond acceptors (Lipinski definition) is 3. The Balaban J connectivity index is 2.88. The molecule has 116 valence electrons. The summed E-state index contributed by atoms with van der Waals surface area (Å²) in [6, 6.07) is 3.83. The van der Waals surface area contributed by atoms with Crippen LogP contribution >= 0.6 is 0 Å². The molecule has 1 unspecified atom stereocenters. The van der Waals surface area contributed by atoms with Gasteiger partial charge in [0.15, 0.2) is 0 Å². The summed E-state index contributed by atoms with van der Waals surface area (Å²) in [5, 5.41) is 14.4. The number of rotatable bonds is 4. The number of aromatic carboxylic acids is 1. The highest BCUT2D eigenvalue weighted by Gasteiger charge is 2.22. The van der Waals surface area contributed by atoms with Crippen LogP contribution in [0.5, 0.6) is 5.75 Å². The summed E-state index contributed by atoms with van der Waals surface area (Å²) in [6.07, 6.45) is 0. The third-order valence-corrected chi connectivity index (χ3v) is 3.34. The second kappa shape index (κ2) is 6.47. The minimum atomic E-state index is -1.07. The molecule has 6 nitrogen and oxygen atoms in total. The van der Waals surface area contributed by atoms with Gasteiger partial charge >= 0.3 is 12.0 Å². The predicted molar refractivity (Wildman–Crippen MR) is 81.0 cm³/mol. The van der Waals surface area contributed by atoms with Gasteiger partial charge in [0.1, 0.15) is 5.75 Å².